The van der Waals surface area contributed by atoms with Crippen molar-refractivity contribution in [3.8, 4) is 5.75 Å². The van der Waals surface area contributed by atoms with Gasteiger partial charge in [0.25, 0.3) is 0 Å². The summed E-state index contributed by atoms with van der Waals surface area (Å²) < 4.78 is 5.21. The zero-order valence-electron chi connectivity index (χ0n) is 17.8. The second kappa shape index (κ2) is 12.8. The summed E-state index contributed by atoms with van der Waals surface area (Å²) in [5, 5.41) is 7.78. The van der Waals surface area contributed by atoms with E-state index in [2.05, 4.69) is 22.5 Å². The van der Waals surface area contributed by atoms with Gasteiger partial charge in [-0.3, -0.25) is 4.99 Å². The number of methoxy groups -OCH3 is 1. The molecule has 0 spiro atoms. The highest BCUT2D eigenvalue weighted by Gasteiger charge is 2.27. The molecule has 1 aromatic carbocycles. The molecule has 1 saturated heterocycles. The fraction of sp³-hybridized carbons (Fsp3) is 0.682. The van der Waals surface area contributed by atoms with Crippen LogP contribution in [0.3, 0.4) is 0 Å². The second-order valence-corrected chi connectivity index (χ2v) is 8.27. The first kappa shape index (κ1) is 24.5. The van der Waals surface area contributed by atoms with E-state index in [0.717, 1.165) is 41.3 Å². The number of hydrogen-bond acceptors (Lipinski definition) is 3. The van der Waals surface area contributed by atoms with Crippen LogP contribution in [0.1, 0.15) is 51.0 Å². The van der Waals surface area contributed by atoms with Crippen LogP contribution in [0.2, 0.25) is 5.02 Å². The lowest BCUT2D eigenvalue weighted by atomic mass is 10.0. The van der Waals surface area contributed by atoms with E-state index < -0.39 is 0 Å². The van der Waals surface area contributed by atoms with Crippen LogP contribution in [0, 0.1) is 0 Å². The average molecular weight is 535 g/mol. The third kappa shape index (κ3) is 7.47. The molecule has 7 heteroatoms. The lowest BCUT2D eigenvalue weighted by Gasteiger charge is -2.36. The SMILES string of the molecule is CCNC(=NCCc1ccc(OC)cc1Cl)NC1CCN(C2CCCC2)CC1.I. The minimum Gasteiger partial charge on any atom is -0.497 e. The van der Waals surface area contributed by atoms with Crippen LogP contribution in [0.15, 0.2) is 23.2 Å². The zero-order valence-corrected chi connectivity index (χ0v) is 20.8. The number of hydrogen-bond donors (Lipinski definition) is 2. The molecule has 2 fully saturated rings. The Morgan fingerprint density at radius 1 is 1.21 bits per heavy atom. The Hall–Kier alpha value is -0.730. The summed E-state index contributed by atoms with van der Waals surface area (Å²) in [5.41, 5.74) is 1.10. The molecule has 5 nitrogen and oxygen atoms in total. The molecule has 1 aliphatic carbocycles. The van der Waals surface area contributed by atoms with Crippen molar-refractivity contribution in [3.05, 3.63) is 28.8 Å². The topological polar surface area (TPSA) is 48.9 Å². The molecule has 2 N–H and O–H groups in total. The first-order chi connectivity index (χ1) is 13.7. The molecule has 0 amide bonds. The molecule has 0 atom stereocenters. The summed E-state index contributed by atoms with van der Waals surface area (Å²) in [6.07, 6.45) is 8.85. The molecular formula is C22H36ClIN4O. The van der Waals surface area contributed by atoms with Crippen LogP contribution in [0.25, 0.3) is 0 Å². The van der Waals surface area contributed by atoms with Gasteiger partial charge in [-0.1, -0.05) is 30.5 Å². The molecule has 1 saturated carbocycles. The first-order valence-corrected chi connectivity index (χ1v) is 11.2. The number of rotatable bonds is 7. The van der Waals surface area contributed by atoms with Crippen molar-refractivity contribution in [2.24, 2.45) is 4.99 Å². The largest absolute Gasteiger partial charge is 0.497 e. The Morgan fingerprint density at radius 2 is 1.93 bits per heavy atom. The molecule has 2 aliphatic rings. The summed E-state index contributed by atoms with van der Waals surface area (Å²) >= 11 is 6.34. The van der Waals surface area contributed by atoms with Gasteiger partial charge in [0.1, 0.15) is 5.75 Å². The van der Waals surface area contributed by atoms with Crippen molar-refractivity contribution in [2.75, 3.05) is 33.3 Å². The summed E-state index contributed by atoms with van der Waals surface area (Å²) in [7, 11) is 1.65. The van der Waals surface area contributed by atoms with Crippen molar-refractivity contribution in [3.63, 3.8) is 0 Å². The molecule has 0 bridgehead atoms. The van der Waals surface area contributed by atoms with Crippen LogP contribution in [-0.2, 0) is 6.42 Å². The number of nitrogens with zero attached hydrogens (tertiary/aromatic N) is 2. The smallest absolute Gasteiger partial charge is 0.191 e. The van der Waals surface area contributed by atoms with E-state index in [1.54, 1.807) is 7.11 Å². The second-order valence-electron chi connectivity index (χ2n) is 7.86. The zero-order chi connectivity index (χ0) is 19.8. The van der Waals surface area contributed by atoms with E-state index in [1.165, 1.54) is 51.6 Å². The fourth-order valence-electron chi connectivity index (χ4n) is 4.34. The molecule has 29 heavy (non-hydrogen) atoms. The van der Waals surface area contributed by atoms with E-state index in [4.69, 9.17) is 21.3 Å². The molecule has 1 aromatic rings. The number of piperidine rings is 1. The van der Waals surface area contributed by atoms with Crippen LogP contribution in [-0.4, -0.2) is 56.2 Å². The molecular weight excluding hydrogens is 499 g/mol. The Balaban J connectivity index is 0.00000300. The van der Waals surface area contributed by atoms with Crippen molar-refractivity contribution >= 4 is 41.5 Å². The molecule has 3 rings (SSSR count). The maximum atomic E-state index is 6.34. The summed E-state index contributed by atoms with van der Waals surface area (Å²) in [6, 6.07) is 7.20. The molecule has 0 radical (unpaired) electrons. The van der Waals surface area contributed by atoms with Gasteiger partial charge in [0.15, 0.2) is 5.96 Å². The minimum atomic E-state index is 0. The van der Waals surface area contributed by atoms with Gasteiger partial charge < -0.3 is 20.3 Å². The maximum absolute atomic E-state index is 6.34. The van der Waals surface area contributed by atoms with E-state index in [9.17, 15) is 0 Å². The van der Waals surface area contributed by atoms with Crippen LogP contribution in [0.4, 0.5) is 0 Å². The molecule has 1 aliphatic heterocycles. The number of likely N-dealkylation sites (tertiary alicyclic amines) is 1. The van der Waals surface area contributed by atoms with Gasteiger partial charge >= 0.3 is 0 Å². The normalized spacial score (nSPS) is 19.1. The van der Waals surface area contributed by atoms with E-state index in [1.807, 2.05) is 18.2 Å². The quantitative estimate of drug-likeness (QED) is 0.308. The lowest BCUT2D eigenvalue weighted by molar-refractivity contribution is 0.150. The summed E-state index contributed by atoms with van der Waals surface area (Å²) in [4.78, 5) is 7.48. The van der Waals surface area contributed by atoms with Gasteiger partial charge in [0.2, 0.25) is 0 Å². The Labute approximate surface area is 198 Å². The Kier molecular flexibility index (Phi) is 10.9. The van der Waals surface area contributed by atoms with Crippen LogP contribution in [0.5, 0.6) is 5.75 Å². The first-order valence-electron chi connectivity index (χ1n) is 10.8. The van der Waals surface area contributed by atoms with E-state index >= 15 is 0 Å². The van der Waals surface area contributed by atoms with E-state index in [0.29, 0.717) is 12.6 Å². The minimum absolute atomic E-state index is 0. The van der Waals surface area contributed by atoms with Gasteiger partial charge in [-0.2, -0.15) is 0 Å². The molecule has 164 valence electrons. The predicted molar refractivity (Wildman–Crippen MR) is 133 cm³/mol. The van der Waals surface area contributed by atoms with Gasteiger partial charge in [0.05, 0.1) is 7.11 Å². The molecule has 1 heterocycles. The fourth-order valence-corrected chi connectivity index (χ4v) is 4.60. The number of ether oxygens (including phenoxy) is 1. The highest BCUT2D eigenvalue weighted by atomic mass is 127. The lowest BCUT2D eigenvalue weighted by Crippen LogP contribution is -2.50. The number of guanidine groups is 1. The highest BCUT2D eigenvalue weighted by molar-refractivity contribution is 14.0. The van der Waals surface area contributed by atoms with Gasteiger partial charge in [-0.25, -0.2) is 0 Å². The third-order valence-corrected chi connectivity index (χ3v) is 6.32. The predicted octanol–water partition coefficient (Wildman–Crippen LogP) is 4.47. The molecule has 0 unspecified atom stereocenters. The highest BCUT2D eigenvalue weighted by Crippen LogP contribution is 2.26. The Morgan fingerprint density at radius 3 is 2.55 bits per heavy atom. The standard InChI is InChI=1S/C22H35ClN4O.HI/c1-3-24-22(25-13-10-17-8-9-20(28-2)16-21(17)23)26-18-11-14-27(15-12-18)19-6-4-5-7-19;/h8-9,16,18-19H,3-7,10-15H2,1-2H3,(H2,24,25,26);1H. The number of benzene rings is 1. The van der Waals surface area contributed by atoms with Gasteiger partial charge in [-0.05, 0) is 56.7 Å². The monoisotopic (exact) mass is 534 g/mol. The Bertz CT molecular complexity index is 644. The van der Waals surface area contributed by atoms with Crippen LogP contribution < -0.4 is 15.4 Å². The van der Waals surface area contributed by atoms with E-state index in [-0.39, 0.29) is 24.0 Å². The molecule has 0 aromatic heterocycles. The average Bonchev–Trinajstić information content (AvgIpc) is 3.24. The number of nitrogens with one attached hydrogen (secondary N) is 2. The number of halogens is 2. The van der Waals surface area contributed by atoms with Crippen LogP contribution >= 0.6 is 35.6 Å². The van der Waals surface area contributed by atoms with Crippen molar-refractivity contribution in [1.29, 1.82) is 0 Å². The third-order valence-electron chi connectivity index (χ3n) is 5.97. The van der Waals surface area contributed by atoms with Crippen molar-refractivity contribution in [2.45, 2.75) is 64.0 Å². The number of aliphatic imine (C=N–C) groups is 1. The maximum Gasteiger partial charge on any atom is 0.191 e. The van der Waals surface area contributed by atoms with Gasteiger partial charge in [-0.15, -0.1) is 24.0 Å². The van der Waals surface area contributed by atoms with Crippen molar-refractivity contribution < 1.29 is 4.74 Å². The summed E-state index contributed by atoms with van der Waals surface area (Å²) in [5.74, 6) is 1.71. The van der Waals surface area contributed by atoms with Crippen molar-refractivity contribution in [1.82, 2.24) is 15.5 Å². The summed E-state index contributed by atoms with van der Waals surface area (Å²) in [6.45, 7) is 6.12. The van der Waals surface area contributed by atoms with Gasteiger partial charge in [0, 0.05) is 43.3 Å².